The summed E-state index contributed by atoms with van der Waals surface area (Å²) in [5, 5.41) is 4.76. The van der Waals surface area contributed by atoms with Gasteiger partial charge in [-0.3, -0.25) is 19.2 Å². The molecule has 5 nitrogen and oxygen atoms in total. The highest BCUT2D eigenvalue weighted by Gasteiger charge is 2.38. The van der Waals surface area contributed by atoms with Crippen LogP contribution in [0.4, 0.5) is 0 Å². The summed E-state index contributed by atoms with van der Waals surface area (Å²) in [6, 6.07) is 7.50. The van der Waals surface area contributed by atoms with Gasteiger partial charge in [0.15, 0.2) is 0 Å². The van der Waals surface area contributed by atoms with Gasteiger partial charge in [-0.25, -0.2) is 0 Å². The van der Waals surface area contributed by atoms with Crippen molar-refractivity contribution in [2.75, 3.05) is 6.54 Å². The van der Waals surface area contributed by atoms with Gasteiger partial charge in [-0.15, -0.1) is 0 Å². The molecule has 1 aromatic heterocycles. The summed E-state index contributed by atoms with van der Waals surface area (Å²) in [4.78, 5) is 26.0. The van der Waals surface area contributed by atoms with Gasteiger partial charge in [0.2, 0.25) is 11.8 Å². The van der Waals surface area contributed by atoms with Crippen molar-refractivity contribution in [3.63, 3.8) is 0 Å². The lowest BCUT2D eigenvalue weighted by atomic mass is 10.0. The molecule has 2 amide bonds. The minimum atomic E-state index is -0.280. The van der Waals surface area contributed by atoms with Crippen LogP contribution in [0.15, 0.2) is 36.7 Å². The van der Waals surface area contributed by atoms with Crippen LogP contribution in [-0.4, -0.2) is 33.0 Å². The molecule has 0 radical (unpaired) electrons. The maximum atomic E-state index is 12.5. The molecule has 1 saturated heterocycles. The van der Waals surface area contributed by atoms with Crippen LogP contribution in [0.5, 0.6) is 0 Å². The second-order valence-corrected chi connectivity index (χ2v) is 6.26. The number of hydrogen-bond acceptors (Lipinski definition) is 3. The van der Waals surface area contributed by atoms with Crippen LogP contribution in [0.2, 0.25) is 5.02 Å². The van der Waals surface area contributed by atoms with Crippen LogP contribution < -0.4 is 0 Å². The molecule has 1 aromatic carbocycles. The zero-order chi connectivity index (χ0) is 16.4. The highest BCUT2D eigenvalue weighted by molar-refractivity contribution is 6.31. The average Bonchev–Trinajstić information content (AvgIpc) is 3.04. The Bertz CT molecular complexity index is 741. The second kappa shape index (κ2) is 6.54. The number of carbonyl (C=O) groups is 2. The molecular weight excluding hydrogens is 314 g/mol. The summed E-state index contributed by atoms with van der Waals surface area (Å²) in [6.45, 7) is 0.380. The van der Waals surface area contributed by atoms with E-state index in [1.54, 1.807) is 10.9 Å². The van der Waals surface area contributed by atoms with Gasteiger partial charge >= 0.3 is 0 Å². The van der Waals surface area contributed by atoms with E-state index < -0.39 is 0 Å². The van der Waals surface area contributed by atoms with Crippen LogP contribution >= 0.6 is 11.6 Å². The van der Waals surface area contributed by atoms with Gasteiger partial charge in [-0.2, -0.15) is 5.10 Å². The first-order valence-corrected chi connectivity index (χ1v) is 7.97. The lowest BCUT2D eigenvalue weighted by molar-refractivity contribution is -0.139. The summed E-state index contributed by atoms with van der Waals surface area (Å²) in [5.41, 5.74) is 1.93. The number of benzene rings is 1. The minimum Gasteiger partial charge on any atom is -0.282 e. The van der Waals surface area contributed by atoms with Gasteiger partial charge in [-0.1, -0.05) is 29.8 Å². The van der Waals surface area contributed by atoms with Gasteiger partial charge in [0.05, 0.1) is 12.1 Å². The molecular formula is C17H18ClN3O2. The molecule has 23 heavy (non-hydrogen) atoms. The predicted molar refractivity (Wildman–Crippen MR) is 86.9 cm³/mol. The number of likely N-dealkylation sites (tertiary alicyclic amines) is 1. The van der Waals surface area contributed by atoms with Crippen molar-refractivity contribution in [1.29, 1.82) is 0 Å². The lowest BCUT2D eigenvalue weighted by Crippen LogP contribution is -2.33. The number of aromatic nitrogens is 2. The molecule has 3 rings (SSSR count). The van der Waals surface area contributed by atoms with E-state index in [2.05, 4.69) is 5.10 Å². The molecule has 1 fully saturated rings. The Balaban J connectivity index is 1.63. The summed E-state index contributed by atoms with van der Waals surface area (Å²) >= 11 is 6.12. The van der Waals surface area contributed by atoms with Crippen LogP contribution in [0.3, 0.4) is 0 Å². The van der Waals surface area contributed by atoms with E-state index in [0.29, 0.717) is 24.4 Å². The van der Waals surface area contributed by atoms with E-state index in [1.807, 2.05) is 37.5 Å². The zero-order valence-corrected chi connectivity index (χ0v) is 13.7. The Morgan fingerprint density at radius 3 is 2.78 bits per heavy atom. The van der Waals surface area contributed by atoms with Gasteiger partial charge in [0, 0.05) is 31.2 Å². The number of nitrogens with zero attached hydrogens (tertiary/aromatic N) is 3. The average molecular weight is 332 g/mol. The quantitative estimate of drug-likeness (QED) is 0.789. The Morgan fingerprint density at radius 1 is 1.30 bits per heavy atom. The Kier molecular flexibility index (Phi) is 4.48. The molecule has 0 N–H and O–H groups in total. The van der Waals surface area contributed by atoms with Crippen molar-refractivity contribution < 1.29 is 9.59 Å². The van der Waals surface area contributed by atoms with E-state index in [0.717, 1.165) is 11.1 Å². The Hall–Kier alpha value is -2.14. The first-order valence-electron chi connectivity index (χ1n) is 7.59. The molecule has 120 valence electrons. The first-order chi connectivity index (χ1) is 11.0. The largest absolute Gasteiger partial charge is 0.282 e. The van der Waals surface area contributed by atoms with Crippen molar-refractivity contribution in [2.45, 2.75) is 19.3 Å². The van der Waals surface area contributed by atoms with Crippen LogP contribution in [0, 0.1) is 5.92 Å². The summed E-state index contributed by atoms with van der Waals surface area (Å²) < 4.78 is 1.70. The Morgan fingerprint density at radius 2 is 2.09 bits per heavy atom. The number of imide groups is 1. The SMILES string of the molecule is Cn1cc(C[C@H]2CC(=O)N(CCc3ccccc3Cl)C2=O)cn1. The second-order valence-electron chi connectivity index (χ2n) is 5.85. The Labute approximate surface area is 139 Å². The molecule has 1 atom stereocenters. The molecule has 0 unspecified atom stereocenters. The number of halogens is 1. The van der Waals surface area contributed by atoms with E-state index in [1.165, 1.54) is 4.90 Å². The fraction of sp³-hybridized carbons (Fsp3) is 0.353. The van der Waals surface area contributed by atoms with Crippen LogP contribution in [-0.2, 0) is 29.5 Å². The first kappa shape index (κ1) is 15.7. The third kappa shape index (κ3) is 3.45. The molecule has 2 heterocycles. The van der Waals surface area contributed by atoms with Crippen molar-refractivity contribution in [3.05, 3.63) is 52.8 Å². The third-order valence-corrected chi connectivity index (χ3v) is 4.51. The maximum Gasteiger partial charge on any atom is 0.233 e. The van der Waals surface area contributed by atoms with E-state index >= 15 is 0 Å². The molecule has 0 bridgehead atoms. The van der Waals surface area contributed by atoms with Crippen molar-refractivity contribution in [2.24, 2.45) is 13.0 Å². The van der Waals surface area contributed by atoms with Gasteiger partial charge in [-0.05, 0) is 30.0 Å². The molecule has 2 aromatic rings. The van der Waals surface area contributed by atoms with Gasteiger partial charge < -0.3 is 0 Å². The monoisotopic (exact) mass is 331 g/mol. The number of hydrogen-bond donors (Lipinski definition) is 0. The van der Waals surface area contributed by atoms with Crippen molar-refractivity contribution in [3.8, 4) is 0 Å². The highest BCUT2D eigenvalue weighted by atomic mass is 35.5. The number of carbonyl (C=O) groups excluding carboxylic acids is 2. The van der Waals surface area contributed by atoms with Gasteiger partial charge in [0.1, 0.15) is 0 Å². The summed E-state index contributed by atoms with van der Waals surface area (Å²) in [5.74, 6) is -0.472. The van der Waals surface area contributed by atoms with Crippen LogP contribution in [0.1, 0.15) is 17.5 Å². The molecule has 0 aliphatic carbocycles. The molecule has 0 spiro atoms. The fourth-order valence-electron chi connectivity index (χ4n) is 2.94. The van der Waals surface area contributed by atoms with Gasteiger partial charge in [0.25, 0.3) is 0 Å². The van der Waals surface area contributed by atoms with Crippen molar-refractivity contribution >= 4 is 23.4 Å². The molecule has 6 heteroatoms. The number of amides is 2. The van der Waals surface area contributed by atoms with E-state index in [9.17, 15) is 9.59 Å². The smallest absolute Gasteiger partial charge is 0.233 e. The lowest BCUT2D eigenvalue weighted by Gasteiger charge is -2.15. The molecule has 1 aliphatic rings. The molecule has 1 aliphatic heterocycles. The fourth-order valence-corrected chi connectivity index (χ4v) is 3.17. The van der Waals surface area contributed by atoms with Crippen LogP contribution in [0.25, 0.3) is 0 Å². The normalized spacial score (nSPS) is 18.0. The minimum absolute atomic E-state index is 0.0918. The standard InChI is InChI=1S/C17H18ClN3O2/c1-20-11-12(10-19-20)8-14-9-16(22)21(17(14)23)7-6-13-4-2-3-5-15(13)18/h2-5,10-11,14H,6-9H2,1H3/t14-/m0/s1. The summed E-state index contributed by atoms with van der Waals surface area (Å²) in [7, 11) is 1.83. The predicted octanol–water partition coefficient (Wildman–Crippen LogP) is 2.23. The molecule has 0 saturated carbocycles. The zero-order valence-electron chi connectivity index (χ0n) is 12.9. The van der Waals surface area contributed by atoms with Crippen molar-refractivity contribution in [1.82, 2.24) is 14.7 Å². The maximum absolute atomic E-state index is 12.5. The third-order valence-electron chi connectivity index (χ3n) is 4.14. The topological polar surface area (TPSA) is 55.2 Å². The van der Waals surface area contributed by atoms with E-state index in [4.69, 9.17) is 11.6 Å². The van der Waals surface area contributed by atoms with E-state index in [-0.39, 0.29) is 24.2 Å². The number of rotatable bonds is 5. The summed E-state index contributed by atoms with van der Waals surface area (Å²) in [6.07, 6.45) is 5.03. The number of aryl methyl sites for hydroxylation is 1. The highest BCUT2D eigenvalue weighted by Crippen LogP contribution is 2.24.